The lowest BCUT2D eigenvalue weighted by Crippen LogP contribution is -2.11. The molecule has 0 aliphatic rings. The fourth-order valence-electron chi connectivity index (χ4n) is 3.06. The van der Waals surface area contributed by atoms with Gasteiger partial charge in [0.15, 0.2) is 0 Å². The number of aryl methyl sites for hydroxylation is 1. The van der Waals surface area contributed by atoms with Gasteiger partial charge in [-0.15, -0.1) is 0 Å². The van der Waals surface area contributed by atoms with Crippen LogP contribution in [-0.4, -0.2) is 26.6 Å². The first kappa shape index (κ1) is 21.2. The number of nitrogens with zero attached hydrogens (tertiary/aromatic N) is 3. The van der Waals surface area contributed by atoms with Crippen molar-refractivity contribution in [3.8, 4) is 11.1 Å². The number of alkyl halides is 2. The molecule has 0 saturated carbocycles. The first-order valence-corrected chi connectivity index (χ1v) is 10.4. The lowest BCUT2D eigenvalue weighted by Gasteiger charge is -2.15. The van der Waals surface area contributed by atoms with Gasteiger partial charge in [-0.2, -0.15) is 0 Å². The number of nitrogens with one attached hydrogen (secondary N) is 1. The van der Waals surface area contributed by atoms with Gasteiger partial charge in [0.1, 0.15) is 5.82 Å². The van der Waals surface area contributed by atoms with Gasteiger partial charge in [0.05, 0.1) is 5.52 Å². The Balaban J connectivity index is 1.87. The number of fused-ring (bicyclic) bond motifs is 1. The van der Waals surface area contributed by atoms with Crippen molar-refractivity contribution in [3.63, 3.8) is 0 Å². The summed E-state index contributed by atoms with van der Waals surface area (Å²) in [4.78, 5) is 13.1. The number of halogens is 2. The molecule has 8 heteroatoms. The second-order valence-electron chi connectivity index (χ2n) is 7.49. The van der Waals surface area contributed by atoms with Gasteiger partial charge < -0.3 is 10.5 Å². The van der Waals surface area contributed by atoms with E-state index in [2.05, 4.69) is 39.6 Å². The number of rotatable bonds is 7. The first-order valence-electron chi connectivity index (χ1n) is 9.44. The van der Waals surface area contributed by atoms with Crippen LogP contribution >= 0.6 is 11.9 Å². The predicted octanol–water partition coefficient (Wildman–Crippen LogP) is 5.81. The molecule has 0 saturated heterocycles. The molecule has 0 unspecified atom stereocenters. The fraction of sp³-hybridized carbons (Fsp3) is 0.381. The number of benzene rings is 1. The highest BCUT2D eigenvalue weighted by molar-refractivity contribution is 8.00. The van der Waals surface area contributed by atoms with Crippen LogP contribution in [0.1, 0.15) is 44.4 Å². The minimum absolute atomic E-state index is 0.177. The molecule has 0 amide bonds. The highest BCUT2D eigenvalue weighted by Crippen LogP contribution is 2.32. The lowest BCUT2D eigenvalue weighted by molar-refractivity contribution is 0.0194. The average Bonchev–Trinajstić information content (AvgIpc) is 2.63. The zero-order chi connectivity index (χ0) is 21.2. The van der Waals surface area contributed by atoms with Crippen LogP contribution in [0.2, 0.25) is 0 Å². The Morgan fingerprint density at radius 3 is 2.62 bits per heavy atom. The van der Waals surface area contributed by atoms with Gasteiger partial charge in [-0.1, -0.05) is 25.8 Å². The van der Waals surface area contributed by atoms with Crippen LogP contribution in [0.25, 0.3) is 22.0 Å². The smallest absolute Gasteiger partial charge is 0.246 e. The zero-order valence-corrected chi connectivity index (χ0v) is 17.8. The maximum absolute atomic E-state index is 12.9. The molecular weight excluding hydrogens is 392 g/mol. The van der Waals surface area contributed by atoms with Gasteiger partial charge in [-0.3, -0.25) is 0 Å². The summed E-state index contributed by atoms with van der Waals surface area (Å²) in [5.74, 6) is -1.16. The van der Waals surface area contributed by atoms with E-state index in [0.29, 0.717) is 11.6 Å². The monoisotopic (exact) mass is 417 g/mol. The van der Waals surface area contributed by atoms with E-state index in [1.54, 1.807) is 6.20 Å². The molecule has 0 radical (unpaired) electrons. The third-order valence-corrected chi connectivity index (χ3v) is 5.33. The van der Waals surface area contributed by atoms with E-state index in [1.807, 2.05) is 25.1 Å². The number of hydrogen-bond acceptors (Lipinski definition) is 6. The number of pyridine rings is 1. The number of nitrogens with two attached hydrogens (primary N) is 1. The molecule has 0 atom stereocenters. The third kappa shape index (κ3) is 5.32. The summed E-state index contributed by atoms with van der Waals surface area (Å²) in [6, 6.07) is 8.01. The number of anilines is 2. The molecule has 0 aliphatic heterocycles. The molecule has 0 spiro atoms. The van der Waals surface area contributed by atoms with Gasteiger partial charge >= 0.3 is 0 Å². The maximum Gasteiger partial charge on any atom is 0.246 e. The van der Waals surface area contributed by atoms with Crippen molar-refractivity contribution < 1.29 is 8.78 Å². The van der Waals surface area contributed by atoms with E-state index in [4.69, 9.17) is 5.73 Å². The second kappa shape index (κ2) is 8.49. The van der Waals surface area contributed by atoms with E-state index in [1.165, 1.54) is 11.9 Å². The minimum atomic E-state index is -2.65. The van der Waals surface area contributed by atoms with E-state index in [9.17, 15) is 8.78 Å². The molecule has 3 rings (SSSR count). The predicted molar refractivity (Wildman–Crippen MR) is 117 cm³/mol. The topological polar surface area (TPSA) is 76.7 Å². The molecule has 1 aromatic carbocycles. The van der Waals surface area contributed by atoms with Crippen molar-refractivity contribution in [1.29, 1.82) is 0 Å². The Labute approximate surface area is 173 Å². The van der Waals surface area contributed by atoms with Crippen LogP contribution in [0, 0.1) is 6.92 Å². The summed E-state index contributed by atoms with van der Waals surface area (Å²) in [7, 11) is 0. The van der Waals surface area contributed by atoms with Gasteiger partial charge in [-0.25, -0.2) is 23.7 Å². The Morgan fingerprint density at radius 2 is 1.97 bits per heavy atom. The van der Waals surface area contributed by atoms with Crippen molar-refractivity contribution in [2.24, 2.45) is 0 Å². The fourth-order valence-corrected chi connectivity index (χ4v) is 3.88. The van der Waals surface area contributed by atoms with Gasteiger partial charge in [0.25, 0.3) is 0 Å². The summed E-state index contributed by atoms with van der Waals surface area (Å²) in [5, 5.41) is 0.929. The highest BCUT2D eigenvalue weighted by Gasteiger charge is 2.20. The summed E-state index contributed by atoms with van der Waals surface area (Å²) in [6.45, 7) is 7.10. The van der Waals surface area contributed by atoms with Crippen LogP contribution in [-0.2, 0) is 0 Å². The molecule has 3 N–H and O–H groups in total. The van der Waals surface area contributed by atoms with Gasteiger partial charge in [-0.05, 0) is 55.2 Å². The number of hydrogen-bond donors (Lipinski definition) is 2. The van der Waals surface area contributed by atoms with Gasteiger partial charge in [0, 0.05) is 35.0 Å². The first-order chi connectivity index (χ1) is 13.6. The van der Waals surface area contributed by atoms with Crippen LogP contribution in [0.15, 0.2) is 30.5 Å². The van der Waals surface area contributed by atoms with Crippen LogP contribution in [0.4, 0.5) is 20.5 Å². The largest absolute Gasteiger partial charge is 0.368 e. The molecule has 3 aromatic rings. The summed E-state index contributed by atoms with van der Waals surface area (Å²) < 4.78 is 28.8. The molecule has 0 aliphatic carbocycles. The normalized spacial score (nSPS) is 12.0. The Morgan fingerprint density at radius 1 is 1.21 bits per heavy atom. The van der Waals surface area contributed by atoms with Crippen LogP contribution < -0.4 is 10.5 Å². The van der Waals surface area contributed by atoms with Crippen molar-refractivity contribution in [1.82, 2.24) is 15.0 Å². The molecular formula is C21H25F2N5S. The number of nitrogen functional groups attached to an aromatic ring is 1. The van der Waals surface area contributed by atoms with Gasteiger partial charge in [0.2, 0.25) is 11.9 Å². The van der Waals surface area contributed by atoms with Crippen LogP contribution in [0.3, 0.4) is 0 Å². The van der Waals surface area contributed by atoms with E-state index in [0.717, 1.165) is 40.2 Å². The molecule has 5 nitrogen and oxygen atoms in total. The second-order valence-corrected chi connectivity index (χ2v) is 8.39. The van der Waals surface area contributed by atoms with E-state index < -0.39 is 5.92 Å². The Hall–Kier alpha value is -2.48. The molecule has 0 fully saturated rings. The van der Waals surface area contributed by atoms with Crippen molar-refractivity contribution in [2.45, 2.75) is 46.0 Å². The summed E-state index contributed by atoms with van der Waals surface area (Å²) >= 11 is 1.23. The molecule has 29 heavy (non-hydrogen) atoms. The zero-order valence-electron chi connectivity index (χ0n) is 17.0. The molecule has 0 bridgehead atoms. The van der Waals surface area contributed by atoms with Crippen molar-refractivity contribution in [2.75, 3.05) is 16.2 Å². The van der Waals surface area contributed by atoms with Crippen molar-refractivity contribution >= 4 is 34.6 Å². The van der Waals surface area contributed by atoms with Crippen LogP contribution in [0.5, 0.6) is 0 Å². The lowest BCUT2D eigenvalue weighted by atomic mass is 9.94. The average molecular weight is 418 g/mol. The SMILES string of the molecule is Cc1nc(NSCCC(C)(F)F)ccc1-c1cc(C(C)C)c2nc(N)ncc2c1. The van der Waals surface area contributed by atoms with E-state index >= 15 is 0 Å². The number of aromatic nitrogens is 3. The van der Waals surface area contributed by atoms with E-state index in [-0.39, 0.29) is 18.3 Å². The quantitative estimate of drug-likeness (QED) is 0.373. The Bertz CT molecular complexity index is 1020. The van der Waals surface area contributed by atoms with Crippen molar-refractivity contribution in [3.05, 3.63) is 41.7 Å². The standard InChI is InChI=1S/C21H25F2N5S/c1-12(2)17-10-14(9-15-11-25-20(24)27-19(15)17)16-5-6-18(26-13(16)3)28-29-8-7-21(4,22)23/h5-6,9-12H,7-8H2,1-4H3,(H,26,28)(H2,24,25,27). The summed E-state index contributed by atoms with van der Waals surface area (Å²) in [6.07, 6.45) is 1.56. The maximum atomic E-state index is 12.9. The molecule has 154 valence electrons. The summed E-state index contributed by atoms with van der Waals surface area (Å²) in [5.41, 5.74) is 10.6. The molecule has 2 heterocycles. The molecule has 2 aromatic heterocycles. The third-order valence-electron chi connectivity index (χ3n) is 4.57. The highest BCUT2D eigenvalue weighted by atomic mass is 32.2. The Kier molecular flexibility index (Phi) is 6.21. The minimum Gasteiger partial charge on any atom is -0.368 e.